The number of carbonyl (C=O) groups is 1. The van der Waals surface area contributed by atoms with Crippen LogP contribution >= 0.6 is 11.3 Å². The van der Waals surface area contributed by atoms with Crippen molar-refractivity contribution in [3.63, 3.8) is 0 Å². The molecule has 0 unspecified atom stereocenters. The summed E-state index contributed by atoms with van der Waals surface area (Å²) in [6, 6.07) is 14.0. The Kier molecular flexibility index (Phi) is 3.36. The highest BCUT2D eigenvalue weighted by Crippen LogP contribution is 2.28. The molecule has 3 aromatic rings. The molecule has 0 amide bonds. The summed E-state index contributed by atoms with van der Waals surface area (Å²) in [5, 5.41) is 0.781. The van der Waals surface area contributed by atoms with Gasteiger partial charge in [-0.25, -0.2) is 4.39 Å². The van der Waals surface area contributed by atoms with Crippen molar-refractivity contribution in [1.82, 2.24) is 0 Å². The first-order valence-electron chi connectivity index (χ1n) is 6.50. The van der Waals surface area contributed by atoms with Crippen molar-refractivity contribution < 1.29 is 9.18 Å². The van der Waals surface area contributed by atoms with Gasteiger partial charge in [-0.1, -0.05) is 31.2 Å². The highest BCUT2D eigenvalue weighted by Gasteiger charge is 2.13. The number of hydrogen-bond donors (Lipinski definition) is 0. The van der Waals surface area contributed by atoms with Gasteiger partial charge in [0.25, 0.3) is 0 Å². The lowest BCUT2D eigenvalue weighted by molar-refractivity contribution is 0.104. The van der Waals surface area contributed by atoms with E-state index in [1.54, 1.807) is 12.1 Å². The van der Waals surface area contributed by atoms with E-state index < -0.39 is 0 Å². The van der Waals surface area contributed by atoms with Gasteiger partial charge in [-0.15, -0.1) is 11.3 Å². The third-order valence-electron chi connectivity index (χ3n) is 3.33. The normalized spacial score (nSPS) is 10.9. The molecule has 1 heterocycles. The van der Waals surface area contributed by atoms with Crippen LogP contribution in [0.1, 0.15) is 27.7 Å². The summed E-state index contributed by atoms with van der Waals surface area (Å²) < 4.78 is 14.1. The van der Waals surface area contributed by atoms with Crippen LogP contribution in [0.2, 0.25) is 0 Å². The molecule has 0 aliphatic rings. The van der Waals surface area contributed by atoms with Crippen molar-refractivity contribution in [2.75, 3.05) is 0 Å². The maximum atomic E-state index is 13.2. The Balaban J connectivity index is 1.98. The number of hydrogen-bond acceptors (Lipinski definition) is 2. The average molecular weight is 284 g/mol. The first-order chi connectivity index (χ1) is 9.67. The van der Waals surface area contributed by atoms with Crippen LogP contribution in [0.5, 0.6) is 0 Å². The van der Waals surface area contributed by atoms with Crippen LogP contribution < -0.4 is 0 Å². The zero-order valence-electron chi connectivity index (χ0n) is 11.0. The molecule has 0 bridgehead atoms. The Morgan fingerprint density at radius 3 is 2.55 bits per heavy atom. The van der Waals surface area contributed by atoms with Crippen LogP contribution in [0.4, 0.5) is 4.39 Å². The lowest BCUT2D eigenvalue weighted by atomic mass is 10.1. The smallest absolute Gasteiger partial charge is 0.202 e. The maximum absolute atomic E-state index is 13.2. The number of aryl methyl sites for hydroxylation is 1. The molecule has 0 saturated carbocycles. The molecular weight excluding hydrogens is 271 g/mol. The zero-order chi connectivity index (χ0) is 14.1. The van der Waals surface area contributed by atoms with Crippen molar-refractivity contribution in [2.24, 2.45) is 0 Å². The predicted molar refractivity (Wildman–Crippen MR) is 81.0 cm³/mol. The van der Waals surface area contributed by atoms with Gasteiger partial charge in [0.05, 0.1) is 4.88 Å². The quantitative estimate of drug-likeness (QED) is 0.629. The average Bonchev–Trinajstić information content (AvgIpc) is 2.89. The Hall–Kier alpha value is -2.00. The first kappa shape index (κ1) is 13.0. The summed E-state index contributed by atoms with van der Waals surface area (Å²) >= 11 is 1.40. The van der Waals surface area contributed by atoms with Crippen LogP contribution in [-0.2, 0) is 6.42 Å². The van der Waals surface area contributed by atoms with Gasteiger partial charge >= 0.3 is 0 Å². The molecule has 3 heteroatoms. The Bertz CT molecular complexity index is 771. The Morgan fingerprint density at radius 2 is 1.85 bits per heavy atom. The van der Waals surface area contributed by atoms with Crippen molar-refractivity contribution in [2.45, 2.75) is 13.3 Å². The second-order valence-corrected chi connectivity index (χ2v) is 5.76. The maximum Gasteiger partial charge on any atom is 0.202 e. The molecule has 1 nitrogen and oxygen atoms in total. The summed E-state index contributed by atoms with van der Waals surface area (Å²) in [6.45, 7) is 2.08. The Morgan fingerprint density at radius 1 is 1.10 bits per heavy atom. The number of carbonyl (C=O) groups excluding carboxylic acids is 1. The van der Waals surface area contributed by atoms with E-state index >= 15 is 0 Å². The lowest BCUT2D eigenvalue weighted by Gasteiger charge is -2.00. The molecule has 0 spiro atoms. The van der Waals surface area contributed by atoms with Crippen LogP contribution in [0.25, 0.3) is 10.1 Å². The Labute approximate surface area is 120 Å². The molecule has 0 N–H and O–H groups in total. The van der Waals surface area contributed by atoms with Crippen LogP contribution in [0.3, 0.4) is 0 Å². The van der Waals surface area contributed by atoms with E-state index in [2.05, 4.69) is 6.92 Å². The second kappa shape index (κ2) is 5.17. The molecule has 0 aliphatic heterocycles. The van der Waals surface area contributed by atoms with E-state index in [0.717, 1.165) is 16.5 Å². The minimum absolute atomic E-state index is 0.00531. The fourth-order valence-electron chi connectivity index (χ4n) is 2.16. The minimum Gasteiger partial charge on any atom is -0.288 e. The minimum atomic E-state index is -0.276. The van der Waals surface area contributed by atoms with E-state index in [1.165, 1.54) is 29.0 Å². The molecule has 0 saturated heterocycles. The monoisotopic (exact) mass is 284 g/mol. The van der Waals surface area contributed by atoms with E-state index in [0.29, 0.717) is 10.4 Å². The van der Waals surface area contributed by atoms with E-state index in [-0.39, 0.29) is 11.6 Å². The van der Waals surface area contributed by atoms with Crippen molar-refractivity contribution in [3.8, 4) is 0 Å². The standard InChI is InChI=1S/C17H13FOS/c1-2-11-3-5-12(6-4-11)17(19)16-10-13-9-14(18)7-8-15(13)20-16/h3-10H,2H2,1H3. The summed E-state index contributed by atoms with van der Waals surface area (Å²) in [5.74, 6) is -0.282. The highest BCUT2D eigenvalue weighted by molar-refractivity contribution is 7.21. The number of ketones is 1. The fraction of sp³-hybridized carbons (Fsp3) is 0.118. The van der Waals surface area contributed by atoms with Crippen molar-refractivity contribution in [1.29, 1.82) is 0 Å². The molecule has 0 aliphatic carbocycles. The number of thiophene rings is 1. The van der Waals surface area contributed by atoms with Gasteiger partial charge in [-0.05, 0) is 41.6 Å². The van der Waals surface area contributed by atoms with Gasteiger partial charge in [0.2, 0.25) is 5.78 Å². The SMILES string of the molecule is CCc1ccc(C(=O)c2cc3cc(F)ccc3s2)cc1. The number of benzene rings is 2. The van der Waals surface area contributed by atoms with E-state index in [1.807, 2.05) is 24.3 Å². The molecular formula is C17H13FOS. The van der Waals surface area contributed by atoms with Gasteiger partial charge in [0.1, 0.15) is 5.82 Å². The molecule has 3 rings (SSSR count). The number of rotatable bonds is 3. The highest BCUT2D eigenvalue weighted by atomic mass is 32.1. The van der Waals surface area contributed by atoms with Gasteiger partial charge in [-0.2, -0.15) is 0 Å². The van der Waals surface area contributed by atoms with Crippen molar-refractivity contribution in [3.05, 3.63) is 70.4 Å². The third kappa shape index (κ3) is 2.37. The topological polar surface area (TPSA) is 17.1 Å². The molecule has 0 radical (unpaired) electrons. The van der Waals surface area contributed by atoms with Crippen LogP contribution in [0, 0.1) is 5.82 Å². The van der Waals surface area contributed by atoms with Gasteiger partial charge in [0, 0.05) is 10.3 Å². The lowest BCUT2D eigenvalue weighted by Crippen LogP contribution is -1.98. The predicted octanol–water partition coefficient (Wildman–Crippen LogP) is 4.83. The molecule has 1 aromatic heterocycles. The first-order valence-corrected chi connectivity index (χ1v) is 7.32. The van der Waals surface area contributed by atoms with Gasteiger partial charge in [-0.3, -0.25) is 4.79 Å². The van der Waals surface area contributed by atoms with E-state index in [9.17, 15) is 9.18 Å². The summed E-state index contributed by atoms with van der Waals surface area (Å²) in [4.78, 5) is 13.1. The molecule has 0 fully saturated rings. The fourth-order valence-corrected chi connectivity index (χ4v) is 3.17. The number of fused-ring (bicyclic) bond motifs is 1. The molecule has 100 valence electrons. The van der Waals surface area contributed by atoms with Crippen molar-refractivity contribution >= 4 is 27.2 Å². The van der Waals surface area contributed by atoms with Gasteiger partial charge in [0.15, 0.2) is 0 Å². The third-order valence-corrected chi connectivity index (χ3v) is 4.44. The second-order valence-electron chi connectivity index (χ2n) is 4.67. The van der Waals surface area contributed by atoms with Crippen LogP contribution in [0.15, 0.2) is 48.5 Å². The molecule has 2 aromatic carbocycles. The number of halogens is 1. The van der Waals surface area contributed by atoms with E-state index in [4.69, 9.17) is 0 Å². The molecule has 0 atom stereocenters. The molecule has 20 heavy (non-hydrogen) atoms. The van der Waals surface area contributed by atoms with Gasteiger partial charge < -0.3 is 0 Å². The zero-order valence-corrected chi connectivity index (χ0v) is 11.8. The largest absolute Gasteiger partial charge is 0.288 e. The summed E-state index contributed by atoms with van der Waals surface area (Å²) in [7, 11) is 0. The van der Waals surface area contributed by atoms with Crippen LogP contribution in [-0.4, -0.2) is 5.78 Å². The summed E-state index contributed by atoms with van der Waals surface area (Å²) in [6.07, 6.45) is 0.955. The summed E-state index contributed by atoms with van der Waals surface area (Å²) in [5.41, 5.74) is 1.88.